The molecule has 1 aliphatic rings. The third kappa shape index (κ3) is 1.70. The van der Waals surface area contributed by atoms with E-state index in [4.69, 9.17) is 4.74 Å². The highest BCUT2D eigenvalue weighted by atomic mass is 16.5. The first kappa shape index (κ1) is 8.02. The van der Waals surface area contributed by atoms with Gasteiger partial charge in [-0.15, -0.1) is 0 Å². The van der Waals surface area contributed by atoms with E-state index in [2.05, 4.69) is 25.8 Å². The number of morpholine rings is 1. The van der Waals surface area contributed by atoms with E-state index in [1.165, 1.54) is 0 Å². The highest BCUT2D eigenvalue weighted by Gasteiger charge is 2.21. The lowest BCUT2D eigenvalue weighted by Crippen LogP contribution is -2.45. The fraction of sp³-hybridized carbons (Fsp3) is 1.00. The van der Waals surface area contributed by atoms with E-state index in [0.717, 1.165) is 19.8 Å². The molecule has 2 heteroatoms. The second-order valence-electron chi connectivity index (χ2n) is 3.37. The summed E-state index contributed by atoms with van der Waals surface area (Å²) in [4.78, 5) is 2.38. The fourth-order valence-corrected chi connectivity index (χ4v) is 1.41. The minimum absolute atomic E-state index is 0.633. The van der Waals surface area contributed by atoms with Gasteiger partial charge in [0.2, 0.25) is 0 Å². The molecular formula is C8H17NO. The molecule has 0 amide bonds. The van der Waals surface area contributed by atoms with Gasteiger partial charge in [0.25, 0.3) is 0 Å². The molecule has 0 bridgehead atoms. The summed E-state index contributed by atoms with van der Waals surface area (Å²) in [7, 11) is 2.17. The van der Waals surface area contributed by atoms with Gasteiger partial charge in [0, 0.05) is 12.6 Å². The largest absolute Gasteiger partial charge is 0.378 e. The van der Waals surface area contributed by atoms with Gasteiger partial charge in [-0.2, -0.15) is 0 Å². The van der Waals surface area contributed by atoms with Crippen LogP contribution in [0.25, 0.3) is 0 Å². The lowest BCUT2D eigenvalue weighted by Gasteiger charge is -2.34. The quantitative estimate of drug-likeness (QED) is 0.542. The molecule has 2 nitrogen and oxygen atoms in total. The van der Waals surface area contributed by atoms with Crippen molar-refractivity contribution in [1.82, 2.24) is 4.90 Å². The number of ether oxygens (including phenoxy) is 1. The Balaban J connectivity index is 2.40. The van der Waals surface area contributed by atoms with Crippen LogP contribution >= 0.6 is 0 Å². The number of nitrogens with zero attached hydrogens (tertiary/aromatic N) is 1. The lowest BCUT2D eigenvalue weighted by molar-refractivity contribution is -0.0111. The highest BCUT2D eigenvalue weighted by molar-refractivity contribution is 4.74. The van der Waals surface area contributed by atoms with Gasteiger partial charge < -0.3 is 4.74 Å². The monoisotopic (exact) mass is 143 g/mol. The molecule has 1 heterocycles. The molecule has 1 fully saturated rings. The molecule has 0 spiro atoms. The first-order valence-corrected chi connectivity index (χ1v) is 4.00. The molecule has 0 radical (unpaired) electrons. The predicted molar refractivity (Wildman–Crippen MR) is 42.1 cm³/mol. The molecule has 1 rings (SSSR count). The van der Waals surface area contributed by atoms with Crippen LogP contribution in [0.15, 0.2) is 0 Å². The Hall–Kier alpha value is -0.0800. The van der Waals surface area contributed by atoms with Gasteiger partial charge in [0.1, 0.15) is 0 Å². The summed E-state index contributed by atoms with van der Waals surface area (Å²) in [6.07, 6.45) is 0. The first-order chi connectivity index (χ1) is 4.72. The smallest absolute Gasteiger partial charge is 0.0624 e. The SMILES string of the molecule is CC(C)[C@@H]1COCCN1C. The van der Waals surface area contributed by atoms with E-state index < -0.39 is 0 Å². The average Bonchev–Trinajstić information content (AvgIpc) is 1.88. The molecule has 10 heavy (non-hydrogen) atoms. The third-order valence-corrected chi connectivity index (χ3v) is 2.21. The first-order valence-electron chi connectivity index (χ1n) is 4.00. The summed E-state index contributed by atoms with van der Waals surface area (Å²) in [6, 6.07) is 0.633. The van der Waals surface area contributed by atoms with Gasteiger partial charge in [-0.1, -0.05) is 13.8 Å². The summed E-state index contributed by atoms with van der Waals surface area (Å²) < 4.78 is 5.37. The molecular weight excluding hydrogens is 126 g/mol. The number of hydrogen-bond donors (Lipinski definition) is 0. The van der Waals surface area contributed by atoms with E-state index >= 15 is 0 Å². The summed E-state index contributed by atoms with van der Waals surface area (Å²) in [6.45, 7) is 7.39. The van der Waals surface area contributed by atoms with Crippen molar-refractivity contribution >= 4 is 0 Å². The highest BCUT2D eigenvalue weighted by Crippen LogP contribution is 2.12. The molecule has 0 aromatic heterocycles. The van der Waals surface area contributed by atoms with Gasteiger partial charge in [0.05, 0.1) is 13.2 Å². The van der Waals surface area contributed by atoms with Crippen molar-refractivity contribution in [3.05, 3.63) is 0 Å². The molecule has 1 saturated heterocycles. The lowest BCUT2D eigenvalue weighted by atomic mass is 10.0. The second kappa shape index (κ2) is 3.35. The number of likely N-dealkylation sites (N-methyl/N-ethyl adjacent to an activating group) is 1. The summed E-state index contributed by atoms with van der Waals surface area (Å²) in [5.74, 6) is 0.713. The van der Waals surface area contributed by atoms with E-state index in [0.29, 0.717) is 12.0 Å². The molecule has 0 saturated carbocycles. The standard InChI is InChI=1S/C8H17NO/c1-7(2)8-6-10-5-4-9(8)3/h7-8H,4-6H2,1-3H3/t8-/m0/s1. The molecule has 0 aromatic carbocycles. The third-order valence-electron chi connectivity index (χ3n) is 2.21. The van der Waals surface area contributed by atoms with Crippen LogP contribution in [0.2, 0.25) is 0 Å². The Kier molecular flexibility index (Phi) is 2.69. The fourth-order valence-electron chi connectivity index (χ4n) is 1.41. The van der Waals surface area contributed by atoms with Gasteiger partial charge in [0.15, 0.2) is 0 Å². The minimum Gasteiger partial charge on any atom is -0.378 e. The average molecular weight is 143 g/mol. The van der Waals surface area contributed by atoms with Crippen LogP contribution in [0.3, 0.4) is 0 Å². The Labute approximate surface area is 63.2 Å². The molecule has 60 valence electrons. The Morgan fingerprint density at radius 2 is 2.20 bits per heavy atom. The molecule has 0 aliphatic carbocycles. The molecule has 1 aliphatic heterocycles. The van der Waals surface area contributed by atoms with Crippen molar-refractivity contribution in [2.75, 3.05) is 26.8 Å². The topological polar surface area (TPSA) is 12.5 Å². The predicted octanol–water partition coefficient (Wildman–Crippen LogP) is 0.973. The van der Waals surface area contributed by atoms with Crippen molar-refractivity contribution in [2.45, 2.75) is 19.9 Å². The van der Waals surface area contributed by atoms with E-state index in [-0.39, 0.29) is 0 Å². The maximum Gasteiger partial charge on any atom is 0.0624 e. The zero-order chi connectivity index (χ0) is 7.56. The number of hydrogen-bond acceptors (Lipinski definition) is 2. The van der Waals surface area contributed by atoms with Crippen LogP contribution in [-0.4, -0.2) is 37.7 Å². The van der Waals surface area contributed by atoms with Crippen molar-refractivity contribution in [1.29, 1.82) is 0 Å². The van der Waals surface area contributed by atoms with Crippen molar-refractivity contribution < 1.29 is 4.74 Å². The van der Waals surface area contributed by atoms with Crippen LogP contribution < -0.4 is 0 Å². The van der Waals surface area contributed by atoms with Crippen molar-refractivity contribution in [3.63, 3.8) is 0 Å². The van der Waals surface area contributed by atoms with Crippen LogP contribution in [0.5, 0.6) is 0 Å². The van der Waals surface area contributed by atoms with Crippen molar-refractivity contribution in [2.24, 2.45) is 5.92 Å². The second-order valence-corrected chi connectivity index (χ2v) is 3.37. The van der Waals surface area contributed by atoms with E-state index in [1.807, 2.05) is 0 Å². The van der Waals surface area contributed by atoms with E-state index in [9.17, 15) is 0 Å². The number of rotatable bonds is 1. The molecule has 0 unspecified atom stereocenters. The summed E-state index contributed by atoms with van der Waals surface area (Å²) >= 11 is 0. The minimum atomic E-state index is 0.633. The Bertz CT molecular complexity index is 103. The van der Waals surface area contributed by atoms with Crippen LogP contribution in [0.1, 0.15) is 13.8 Å². The maximum atomic E-state index is 5.37. The van der Waals surface area contributed by atoms with Crippen molar-refractivity contribution in [3.8, 4) is 0 Å². The van der Waals surface area contributed by atoms with Crippen LogP contribution in [0.4, 0.5) is 0 Å². The summed E-state index contributed by atoms with van der Waals surface area (Å²) in [5.41, 5.74) is 0. The zero-order valence-electron chi connectivity index (χ0n) is 7.13. The maximum absolute atomic E-state index is 5.37. The molecule has 0 aromatic rings. The van der Waals surface area contributed by atoms with Gasteiger partial charge in [-0.05, 0) is 13.0 Å². The molecule has 1 atom stereocenters. The van der Waals surface area contributed by atoms with Gasteiger partial charge >= 0.3 is 0 Å². The Morgan fingerprint density at radius 1 is 1.50 bits per heavy atom. The van der Waals surface area contributed by atoms with E-state index in [1.54, 1.807) is 0 Å². The summed E-state index contributed by atoms with van der Waals surface area (Å²) in [5, 5.41) is 0. The normalized spacial score (nSPS) is 29.4. The Morgan fingerprint density at radius 3 is 2.60 bits per heavy atom. The van der Waals surface area contributed by atoms with Gasteiger partial charge in [-0.25, -0.2) is 0 Å². The zero-order valence-corrected chi connectivity index (χ0v) is 7.13. The van der Waals surface area contributed by atoms with Gasteiger partial charge in [-0.3, -0.25) is 4.90 Å². The van der Waals surface area contributed by atoms with Crippen LogP contribution in [0, 0.1) is 5.92 Å². The molecule has 0 N–H and O–H groups in total. The van der Waals surface area contributed by atoms with Crippen LogP contribution in [-0.2, 0) is 4.74 Å².